The summed E-state index contributed by atoms with van der Waals surface area (Å²) in [5, 5.41) is 8.05. The van der Waals surface area contributed by atoms with Crippen LogP contribution in [0.15, 0.2) is 6.20 Å². The minimum atomic E-state index is -5.05. The number of aromatic hydroxyl groups is 1. The highest BCUT2D eigenvalue weighted by Gasteiger charge is 2.33. The van der Waals surface area contributed by atoms with Crippen LogP contribution in [-0.4, -0.2) is 16.5 Å². The lowest BCUT2D eigenvalue weighted by atomic mass is 10.3. The molecule has 0 aliphatic heterocycles. The lowest BCUT2D eigenvalue weighted by Crippen LogP contribution is -2.17. The smallest absolute Gasteiger partial charge is 0.504 e. The fraction of sp³-hybridized carbons (Fsp3) is 0.286. The number of rotatable bonds is 2. The number of hydrogen-bond acceptors (Lipinski definition) is 3. The molecule has 3 nitrogen and oxygen atoms in total. The second kappa shape index (κ2) is 4.28. The van der Waals surface area contributed by atoms with Gasteiger partial charge in [0.05, 0.1) is 6.20 Å². The number of alkyl halides is 5. The van der Waals surface area contributed by atoms with E-state index in [1.54, 1.807) is 0 Å². The molecule has 0 bridgehead atoms. The Bertz CT molecular complexity index is 395. The van der Waals surface area contributed by atoms with Crippen LogP contribution in [0.4, 0.5) is 22.0 Å². The van der Waals surface area contributed by atoms with Crippen molar-refractivity contribution in [3.8, 4) is 11.5 Å². The molecule has 0 radical (unpaired) electrons. The van der Waals surface area contributed by atoms with Crippen molar-refractivity contribution < 1.29 is 31.8 Å². The van der Waals surface area contributed by atoms with Crippen LogP contribution >= 0.6 is 11.6 Å². The molecule has 90 valence electrons. The van der Waals surface area contributed by atoms with E-state index in [9.17, 15) is 22.0 Å². The molecule has 0 aromatic carbocycles. The lowest BCUT2D eigenvalue weighted by Gasteiger charge is -2.12. The largest absolute Gasteiger partial charge is 0.573 e. The Hall–Kier alpha value is -1.31. The van der Waals surface area contributed by atoms with Gasteiger partial charge in [-0.1, -0.05) is 11.6 Å². The fourth-order valence-electron chi connectivity index (χ4n) is 0.831. The molecule has 1 aromatic rings. The van der Waals surface area contributed by atoms with Crippen molar-refractivity contribution in [2.45, 2.75) is 12.8 Å². The van der Waals surface area contributed by atoms with Gasteiger partial charge in [-0.3, -0.25) is 0 Å². The van der Waals surface area contributed by atoms with Gasteiger partial charge < -0.3 is 9.84 Å². The number of nitrogens with zero attached hydrogens (tertiary/aromatic N) is 1. The molecular formula is C7H3ClF5NO2. The first-order valence-corrected chi connectivity index (χ1v) is 4.01. The Balaban J connectivity index is 3.12. The van der Waals surface area contributed by atoms with Crippen LogP contribution in [0.5, 0.6) is 11.5 Å². The summed E-state index contributed by atoms with van der Waals surface area (Å²) in [5.74, 6) is -2.28. The van der Waals surface area contributed by atoms with E-state index in [1.807, 2.05) is 0 Å². The van der Waals surface area contributed by atoms with Crippen molar-refractivity contribution in [1.29, 1.82) is 0 Å². The molecule has 0 unspecified atom stereocenters. The van der Waals surface area contributed by atoms with E-state index in [4.69, 9.17) is 16.7 Å². The molecule has 0 aliphatic carbocycles. The predicted molar refractivity (Wildman–Crippen MR) is 42.6 cm³/mol. The lowest BCUT2D eigenvalue weighted by molar-refractivity contribution is -0.274. The van der Waals surface area contributed by atoms with Crippen LogP contribution in [-0.2, 0) is 0 Å². The van der Waals surface area contributed by atoms with E-state index in [0.29, 0.717) is 6.20 Å². The standard InChI is InChI=1S/C7H3ClF5NO2/c8-3-2(16-7(11,12)13)1-14-4(5(3)15)6(9)10/h1,6,15H. The summed E-state index contributed by atoms with van der Waals surface area (Å²) in [6.45, 7) is 0. The maximum absolute atomic E-state index is 12.1. The van der Waals surface area contributed by atoms with Crippen molar-refractivity contribution in [2.24, 2.45) is 0 Å². The van der Waals surface area contributed by atoms with Gasteiger partial charge >= 0.3 is 6.36 Å². The fourth-order valence-corrected chi connectivity index (χ4v) is 1.01. The molecule has 0 saturated heterocycles. The van der Waals surface area contributed by atoms with E-state index in [1.165, 1.54) is 0 Å². The van der Waals surface area contributed by atoms with Crippen LogP contribution in [0.1, 0.15) is 12.1 Å². The Kier molecular flexibility index (Phi) is 3.41. The summed E-state index contributed by atoms with van der Waals surface area (Å²) in [4.78, 5) is 2.91. The maximum atomic E-state index is 12.1. The van der Waals surface area contributed by atoms with Gasteiger partial charge in [-0.15, -0.1) is 13.2 Å². The van der Waals surface area contributed by atoms with Gasteiger partial charge in [-0.2, -0.15) is 0 Å². The average molecular weight is 264 g/mol. The Labute approximate surface area is 90.4 Å². The highest BCUT2D eigenvalue weighted by Crippen LogP contribution is 2.40. The Morgan fingerprint density at radius 2 is 1.94 bits per heavy atom. The quantitative estimate of drug-likeness (QED) is 0.833. The van der Waals surface area contributed by atoms with Gasteiger partial charge in [0, 0.05) is 0 Å². The minimum absolute atomic E-state index is 0.358. The second-order valence-corrected chi connectivity index (χ2v) is 2.90. The molecule has 1 aromatic heterocycles. The summed E-state index contributed by atoms with van der Waals surface area (Å²) < 4.78 is 62.9. The van der Waals surface area contributed by atoms with Crippen molar-refractivity contribution >= 4 is 11.6 Å². The molecule has 0 aliphatic rings. The summed E-state index contributed by atoms with van der Waals surface area (Å²) in [5.41, 5.74) is -1.11. The van der Waals surface area contributed by atoms with Gasteiger partial charge in [0.15, 0.2) is 11.5 Å². The zero-order chi connectivity index (χ0) is 12.5. The third kappa shape index (κ3) is 2.84. The molecule has 0 spiro atoms. The zero-order valence-electron chi connectivity index (χ0n) is 7.23. The predicted octanol–water partition coefficient (Wildman–Crippen LogP) is 3.28. The number of halogens is 6. The van der Waals surface area contributed by atoms with Gasteiger partial charge in [-0.25, -0.2) is 13.8 Å². The third-order valence-electron chi connectivity index (χ3n) is 1.42. The van der Waals surface area contributed by atoms with E-state index in [0.717, 1.165) is 0 Å². The molecule has 0 amide bonds. The molecule has 1 rings (SSSR count). The summed E-state index contributed by atoms with van der Waals surface area (Å²) in [6, 6.07) is 0. The van der Waals surface area contributed by atoms with Crippen LogP contribution < -0.4 is 4.74 Å². The average Bonchev–Trinajstić information content (AvgIpc) is 2.10. The number of pyridine rings is 1. The zero-order valence-corrected chi connectivity index (χ0v) is 7.98. The van der Waals surface area contributed by atoms with Gasteiger partial charge in [-0.05, 0) is 0 Å². The van der Waals surface area contributed by atoms with Crippen LogP contribution in [0.25, 0.3) is 0 Å². The van der Waals surface area contributed by atoms with Gasteiger partial charge in [0.2, 0.25) is 0 Å². The van der Waals surface area contributed by atoms with E-state index in [-0.39, 0.29) is 0 Å². The minimum Gasteiger partial charge on any atom is -0.504 e. The van der Waals surface area contributed by atoms with Crippen molar-refractivity contribution in [2.75, 3.05) is 0 Å². The highest BCUT2D eigenvalue weighted by atomic mass is 35.5. The van der Waals surface area contributed by atoms with E-state index < -0.39 is 35.0 Å². The molecule has 1 heterocycles. The Morgan fingerprint density at radius 3 is 2.38 bits per heavy atom. The molecule has 0 saturated carbocycles. The normalized spacial score (nSPS) is 11.9. The molecule has 9 heteroatoms. The molecule has 0 atom stereocenters. The molecule has 0 fully saturated rings. The van der Waals surface area contributed by atoms with Crippen LogP contribution in [0.3, 0.4) is 0 Å². The van der Waals surface area contributed by atoms with Crippen LogP contribution in [0, 0.1) is 0 Å². The summed E-state index contributed by atoms with van der Waals surface area (Å²) in [7, 11) is 0. The monoisotopic (exact) mass is 263 g/mol. The van der Waals surface area contributed by atoms with Gasteiger partial charge in [0.25, 0.3) is 6.43 Å². The van der Waals surface area contributed by atoms with E-state index in [2.05, 4.69) is 9.72 Å². The SMILES string of the molecule is Oc1c(C(F)F)ncc(OC(F)(F)F)c1Cl. The van der Waals surface area contributed by atoms with Crippen molar-refractivity contribution in [3.05, 3.63) is 16.9 Å². The number of ether oxygens (including phenoxy) is 1. The van der Waals surface area contributed by atoms with Gasteiger partial charge in [0.1, 0.15) is 10.7 Å². The number of hydrogen-bond donors (Lipinski definition) is 1. The summed E-state index contributed by atoms with van der Waals surface area (Å²) >= 11 is 5.20. The number of aromatic nitrogens is 1. The van der Waals surface area contributed by atoms with Crippen molar-refractivity contribution in [1.82, 2.24) is 4.98 Å². The van der Waals surface area contributed by atoms with E-state index >= 15 is 0 Å². The first-order valence-electron chi connectivity index (χ1n) is 3.63. The highest BCUT2D eigenvalue weighted by molar-refractivity contribution is 6.33. The summed E-state index contributed by atoms with van der Waals surface area (Å²) in [6.07, 6.45) is -7.85. The molecule has 1 N–H and O–H groups in total. The maximum Gasteiger partial charge on any atom is 0.573 e. The molecule has 16 heavy (non-hydrogen) atoms. The topological polar surface area (TPSA) is 42.4 Å². The van der Waals surface area contributed by atoms with Crippen molar-refractivity contribution in [3.63, 3.8) is 0 Å². The first-order chi connectivity index (χ1) is 7.22. The molecular weight excluding hydrogens is 261 g/mol. The Morgan fingerprint density at radius 1 is 1.38 bits per heavy atom. The third-order valence-corrected chi connectivity index (χ3v) is 1.79. The first kappa shape index (κ1) is 12.8. The second-order valence-electron chi connectivity index (χ2n) is 2.52. The van der Waals surface area contributed by atoms with Crippen LogP contribution in [0.2, 0.25) is 5.02 Å².